The van der Waals surface area contributed by atoms with Gasteiger partial charge in [-0.2, -0.15) is 5.10 Å². The number of fused-ring (bicyclic) bond motifs is 1. The fraction of sp³-hybridized carbons (Fsp3) is 0.200. The lowest BCUT2D eigenvalue weighted by atomic mass is 10.1. The highest BCUT2D eigenvalue weighted by atomic mass is 32.1. The van der Waals surface area contributed by atoms with E-state index in [1.54, 1.807) is 30.3 Å². The van der Waals surface area contributed by atoms with Crippen LogP contribution in [0.5, 0.6) is 0 Å². The van der Waals surface area contributed by atoms with Crippen LogP contribution in [-0.2, 0) is 16.1 Å². The second-order valence-electron chi connectivity index (χ2n) is 7.82. The SMILES string of the molecule is CC(=O)c1cccc(NC(=O)COC(=O)c2cc3c(C)nn(Cc4ccc(C)cc4)c3s2)c1. The molecule has 168 valence electrons. The van der Waals surface area contributed by atoms with E-state index in [0.29, 0.717) is 22.7 Å². The number of amides is 1. The molecular formula is C25H23N3O4S. The summed E-state index contributed by atoms with van der Waals surface area (Å²) in [5.74, 6) is -1.14. The van der Waals surface area contributed by atoms with Crippen molar-refractivity contribution in [1.82, 2.24) is 9.78 Å². The summed E-state index contributed by atoms with van der Waals surface area (Å²) in [4.78, 5) is 37.5. The number of carbonyl (C=O) groups is 3. The van der Waals surface area contributed by atoms with Gasteiger partial charge in [0, 0.05) is 16.6 Å². The van der Waals surface area contributed by atoms with E-state index in [1.807, 2.05) is 18.5 Å². The Hall–Kier alpha value is -3.78. The molecule has 4 rings (SSSR count). The molecule has 8 heteroatoms. The van der Waals surface area contributed by atoms with Gasteiger partial charge in [-0.1, -0.05) is 42.0 Å². The van der Waals surface area contributed by atoms with Crippen LogP contribution in [0.25, 0.3) is 10.2 Å². The van der Waals surface area contributed by atoms with Gasteiger partial charge in [0.2, 0.25) is 0 Å². The molecule has 0 saturated heterocycles. The smallest absolute Gasteiger partial charge is 0.348 e. The average molecular weight is 462 g/mol. The van der Waals surface area contributed by atoms with Gasteiger partial charge >= 0.3 is 5.97 Å². The number of carbonyl (C=O) groups excluding carboxylic acids is 3. The van der Waals surface area contributed by atoms with Gasteiger partial charge in [-0.15, -0.1) is 11.3 Å². The Morgan fingerprint density at radius 1 is 1.06 bits per heavy atom. The van der Waals surface area contributed by atoms with Gasteiger partial charge in [0.1, 0.15) is 9.71 Å². The van der Waals surface area contributed by atoms with E-state index in [-0.39, 0.29) is 5.78 Å². The second-order valence-corrected chi connectivity index (χ2v) is 8.85. The average Bonchev–Trinajstić information content (AvgIpc) is 3.35. The summed E-state index contributed by atoms with van der Waals surface area (Å²) in [6, 6.07) is 16.6. The molecule has 0 fully saturated rings. The Morgan fingerprint density at radius 3 is 2.55 bits per heavy atom. The zero-order valence-corrected chi connectivity index (χ0v) is 19.4. The van der Waals surface area contributed by atoms with Gasteiger partial charge in [0.05, 0.1) is 12.2 Å². The van der Waals surface area contributed by atoms with E-state index in [0.717, 1.165) is 21.5 Å². The molecule has 0 saturated carbocycles. The second kappa shape index (κ2) is 9.38. The minimum atomic E-state index is -0.565. The monoisotopic (exact) mass is 461 g/mol. The summed E-state index contributed by atoms with van der Waals surface area (Å²) >= 11 is 1.29. The lowest BCUT2D eigenvalue weighted by molar-refractivity contribution is -0.119. The number of ether oxygens (including phenoxy) is 1. The number of hydrogen-bond acceptors (Lipinski definition) is 6. The highest BCUT2D eigenvalue weighted by molar-refractivity contribution is 7.20. The largest absolute Gasteiger partial charge is 0.451 e. The molecule has 1 amide bonds. The standard InChI is InChI=1S/C25H23N3O4S/c1-15-7-9-18(10-8-15)13-28-24-21(16(2)27-28)12-22(33-24)25(31)32-14-23(30)26-20-6-4-5-19(11-20)17(3)29/h4-12H,13-14H2,1-3H3,(H,26,30). The first-order valence-electron chi connectivity index (χ1n) is 10.4. The molecule has 0 atom stereocenters. The third-order valence-electron chi connectivity index (χ3n) is 5.15. The number of nitrogens with one attached hydrogen (secondary N) is 1. The van der Waals surface area contributed by atoms with Crippen molar-refractivity contribution in [3.8, 4) is 0 Å². The number of aromatic nitrogens is 2. The molecule has 0 aliphatic heterocycles. The maximum absolute atomic E-state index is 12.6. The predicted molar refractivity (Wildman–Crippen MR) is 128 cm³/mol. The zero-order chi connectivity index (χ0) is 23.5. The lowest BCUT2D eigenvalue weighted by Crippen LogP contribution is -2.20. The molecule has 0 aliphatic rings. The first-order chi connectivity index (χ1) is 15.8. The maximum atomic E-state index is 12.6. The van der Waals surface area contributed by atoms with Crippen LogP contribution in [0, 0.1) is 13.8 Å². The van der Waals surface area contributed by atoms with Gasteiger partial charge in [-0.3, -0.25) is 14.3 Å². The van der Waals surface area contributed by atoms with Crippen molar-refractivity contribution in [3.63, 3.8) is 0 Å². The predicted octanol–water partition coefficient (Wildman–Crippen LogP) is 4.76. The summed E-state index contributed by atoms with van der Waals surface area (Å²) in [6.07, 6.45) is 0. The van der Waals surface area contributed by atoms with Crippen molar-refractivity contribution >= 4 is 44.9 Å². The molecule has 0 aliphatic carbocycles. The number of Topliss-reactive ketones (excluding diaryl/α,β-unsaturated/α-hetero) is 1. The van der Waals surface area contributed by atoms with E-state index in [1.165, 1.54) is 23.8 Å². The highest BCUT2D eigenvalue weighted by Gasteiger charge is 2.18. The molecule has 0 radical (unpaired) electrons. The topological polar surface area (TPSA) is 90.3 Å². The fourth-order valence-corrected chi connectivity index (χ4v) is 4.46. The van der Waals surface area contributed by atoms with Crippen molar-refractivity contribution in [2.24, 2.45) is 0 Å². The third kappa shape index (κ3) is 5.18. The molecular weight excluding hydrogens is 438 g/mol. The number of rotatable bonds is 7. The molecule has 4 aromatic rings. The van der Waals surface area contributed by atoms with Crippen LogP contribution in [0.4, 0.5) is 5.69 Å². The van der Waals surface area contributed by atoms with E-state index in [2.05, 4.69) is 34.7 Å². The van der Waals surface area contributed by atoms with Gasteiger partial charge in [0.25, 0.3) is 5.91 Å². The molecule has 0 unspecified atom stereocenters. The number of ketones is 1. The van der Waals surface area contributed by atoms with Crippen LogP contribution in [0.2, 0.25) is 0 Å². The molecule has 1 N–H and O–H groups in total. The number of esters is 1. The van der Waals surface area contributed by atoms with Crippen LogP contribution >= 0.6 is 11.3 Å². The Labute approximate surface area is 195 Å². The summed E-state index contributed by atoms with van der Waals surface area (Å²) in [5.41, 5.74) is 4.10. The van der Waals surface area contributed by atoms with Gasteiger partial charge < -0.3 is 10.1 Å². The van der Waals surface area contributed by atoms with Crippen molar-refractivity contribution in [3.05, 3.63) is 81.9 Å². The molecule has 2 aromatic carbocycles. The minimum Gasteiger partial charge on any atom is -0.451 e. The number of benzene rings is 2. The minimum absolute atomic E-state index is 0.0986. The van der Waals surface area contributed by atoms with Crippen molar-refractivity contribution in [2.45, 2.75) is 27.3 Å². The van der Waals surface area contributed by atoms with Crippen LogP contribution in [0.1, 0.15) is 43.8 Å². The van der Waals surface area contributed by atoms with Crippen molar-refractivity contribution in [2.75, 3.05) is 11.9 Å². The zero-order valence-electron chi connectivity index (χ0n) is 18.5. The van der Waals surface area contributed by atoms with Crippen LogP contribution in [-0.4, -0.2) is 34.0 Å². The Kier molecular flexibility index (Phi) is 6.37. The first kappa shape index (κ1) is 22.4. The van der Waals surface area contributed by atoms with Crippen molar-refractivity contribution in [1.29, 1.82) is 0 Å². The maximum Gasteiger partial charge on any atom is 0.348 e. The number of nitrogens with zero attached hydrogens (tertiary/aromatic N) is 2. The molecule has 0 spiro atoms. The van der Waals surface area contributed by atoms with Gasteiger partial charge in [-0.05, 0) is 44.5 Å². The van der Waals surface area contributed by atoms with E-state index in [4.69, 9.17) is 4.74 Å². The molecule has 2 aromatic heterocycles. The van der Waals surface area contributed by atoms with E-state index < -0.39 is 18.5 Å². The lowest BCUT2D eigenvalue weighted by Gasteiger charge is -2.07. The number of anilines is 1. The Morgan fingerprint density at radius 2 is 1.82 bits per heavy atom. The molecule has 2 heterocycles. The normalized spacial score (nSPS) is 10.9. The Balaban J connectivity index is 1.42. The van der Waals surface area contributed by atoms with Crippen molar-refractivity contribution < 1.29 is 19.1 Å². The summed E-state index contributed by atoms with van der Waals surface area (Å²) in [5, 5.41) is 8.12. The van der Waals surface area contributed by atoms with Crippen LogP contribution < -0.4 is 5.32 Å². The molecule has 7 nitrogen and oxygen atoms in total. The molecule has 33 heavy (non-hydrogen) atoms. The first-order valence-corrected chi connectivity index (χ1v) is 11.2. The fourth-order valence-electron chi connectivity index (χ4n) is 3.40. The number of aryl methyl sites for hydroxylation is 2. The highest BCUT2D eigenvalue weighted by Crippen LogP contribution is 2.29. The van der Waals surface area contributed by atoms with Gasteiger partial charge in [0.15, 0.2) is 12.4 Å². The number of thiophene rings is 1. The Bertz CT molecular complexity index is 1350. The van der Waals surface area contributed by atoms with Gasteiger partial charge in [-0.25, -0.2) is 4.79 Å². The quantitative estimate of drug-likeness (QED) is 0.317. The third-order valence-corrected chi connectivity index (χ3v) is 6.28. The summed E-state index contributed by atoms with van der Waals surface area (Å²) < 4.78 is 7.09. The summed E-state index contributed by atoms with van der Waals surface area (Å²) in [7, 11) is 0. The molecule has 0 bridgehead atoms. The van der Waals surface area contributed by atoms with Crippen LogP contribution in [0.3, 0.4) is 0 Å². The van der Waals surface area contributed by atoms with Crippen LogP contribution in [0.15, 0.2) is 54.6 Å². The number of hydrogen-bond donors (Lipinski definition) is 1. The van der Waals surface area contributed by atoms with E-state index in [9.17, 15) is 14.4 Å². The van der Waals surface area contributed by atoms with E-state index >= 15 is 0 Å². The summed E-state index contributed by atoms with van der Waals surface area (Å²) in [6.45, 7) is 5.57.